The standard InChI is InChI=1S/C18H20N2O7/c1-4-26-16(24)18(19-11(3)21,17(25)27-5-2)10-20-14(22)12-8-6-7-9-13(12)15(20)23/h6-9H,4-5,10H2,1-3H3,(H,19,21). The molecule has 0 fully saturated rings. The van der Waals surface area contributed by atoms with Crippen LogP contribution in [0.2, 0.25) is 0 Å². The molecule has 1 aliphatic heterocycles. The summed E-state index contributed by atoms with van der Waals surface area (Å²) >= 11 is 0. The van der Waals surface area contributed by atoms with Gasteiger partial charge in [0.2, 0.25) is 5.91 Å². The first kappa shape index (κ1) is 20.1. The number of nitrogens with one attached hydrogen (secondary N) is 1. The summed E-state index contributed by atoms with van der Waals surface area (Å²) in [5.41, 5.74) is -2.07. The molecule has 0 spiro atoms. The summed E-state index contributed by atoms with van der Waals surface area (Å²) in [5, 5.41) is 2.22. The van der Waals surface area contributed by atoms with Crippen molar-refractivity contribution in [1.29, 1.82) is 0 Å². The Morgan fingerprint density at radius 2 is 1.41 bits per heavy atom. The number of hydrogen-bond donors (Lipinski definition) is 1. The molecule has 144 valence electrons. The van der Waals surface area contributed by atoms with Gasteiger partial charge in [-0.05, 0) is 26.0 Å². The van der Waals surface area contributed by atoms with Crippen LogP contribution in [0.5, 0.6) is 0 Å². The molecule has 9 nitrogen and oxygen atoms in total. The lowest BCUT2D eigenvalue weighted by Crippen LogP contribution is -2.67. The van der Waals surface area contributed by atoms with E-state index >= 15 is 0 Å². The summed E-state index contributed by atoms with van der Waals surface area (Å²) in [5.74, 6) is -4.32. The van der Waals surface area contributed by atoms with E-state index in [4.69, 9.17) is 9.47 Å². The maximum Gasteiger partial charge on any atom is 0.345 e. The van der Waals surface area contributed by atoms with E-state index in [9.17, 15) is 24.0 Å². The van der Waals surface area contributed by atoms with Crippen molar-refractivity contribution in [2.24, 2.45) is 0 Å². The molecule has 0 unspecified atom stereocenters. The van der Waals surface area contributed by atoms with Gasteiger partial charge < -0.3 is 14.8 Å². The van der Waals surface area contributed by atoms with Crippen LogP contribution in [0.1, 0.15) is 41.5 Å². The molecule has 1 aromatic rings. The fraction of sp³-hybridized carbons (Fsp3) is 0.389. The topological polar surface area (TPSA) is 119 Å². The highest BCUT2D eigenvalue weighted by Crippen LogP contribution is 2.25. The summed E-state index contributed by atoms with van der Waals surface area (Å²) in [6, 6.07) is 6.10. The van der Waals surface area contributed by atoms with Crippen LogP contribution < -0.4 is 5.32 Å². The molecule has 0 bridgehead atoms. The normalized spacial score (nSPS) is 13.2. The van der Waals surface area contributed by atoms with Crippen molar-refractivity contribution >= 4 is 29.7 Å². The molecule has 0 radical (unpaired) electrons. The van der Waals surface area contributed by atoms with E-state index < -0.39 is 41.7 Å². The number of carbonyl (C=O) groups is 5. The zero-order valence-corrected chi connectivity index (χ0v) is 15.2. The van der Waals surface area contributed by atoms with Crippen LogP contribution in [0.25, 0.3) is 0 Å². The molecular formula is C18H20N2O7. The maximum absolute atomic E-state index is 12.6. The third-order valence-electron chi connectivity index (χ3n) is 3.91. The van der Waals surface area contributed by atoms with Crippen LogP contribution in [0.4, 0.5) is 0 Å². The van der Waals surface area contributed by atoms with Gasteiger partial charge in [-0.15, -0.1) is 0 Å². The summed E-state index contributed by atoms with van der Waals surface area (Å²) in [6.07, 6.45) is 0. The zero-order chi connectivity index (χ0) is 20.2. The molecule has 0 atom stereocenters. The van der Waals surface area contributed by atoms with Crippen molar-refractivity contribution in [3.05, 3.63) is 35.4 Å². The number of ether oxygens (including phenoxy) is 2. The molecule has 2 rings (SSSR count). The first-order valence-electron chi connectivity index (χ1n) is 8.36. The van der Waals surface area contributed by atoms with Gasteiger partial charge in [0.15, 0.2) is 0 Å². The van der Waals surface area contributed by atoms with Gasteiger partial charge in [-0.3, -0.25) is 19.3 Å². The number of imide groups is 1. The van der Waals surface area contributed by atoms with E-state index in [1.807, 2.05) is 0 Å². The molecular weight excluding hydrogens is 356 g/mol. The minimum Gasteiger partial charge on any atom is -0.464 e. The highest BCUT2D eigenvalue weighted by Gasteiger charge is 2.54. The minimum atomic E-state index is -2.36. The number of benzene rings is 1. The molecule has 9 heteroatoms. The first-order valence-corrected chi connectivity index (χ1v) is 8.36. The van der Waals surface area contributed by atoms with Gasteiger partial charge in [0.25, 0.3) is 17.4 Å². The summed E-state index contributed by atoms with van der Waals surface area (Å²) < 4.78 is 9.86. The quantitative estimate of drug-likeness (QED) is 0.412. The first-order chi connectivity index (χ1) is 12.8. The van der Waals surface area contributed by atoms with Gasteiger partial charge >= 0.3 is 11.9 Å². The lowest BCUT2D eigenvalue weighted by molar-refractivity contribution is -0.168. The van der Waals surface area contributed by atoms with E-state index in [-0.39, 0.29) is 24.3 Å². The molecule has 0 aromatic heterocycles. The van der Waals surface area contributed by atoms with Crippen LogP contribution in [-0.4, -0.2) is 59.9 Å². The molecule has 1 aliphatic rings. The van der Waals surface area contributed by atoms with E-state index in [1.165, 1.54) is 26.0 Å². The molecule has 0 saturated carbocycles. The third kappa shape index (κ3) is 3.67. The van der Waals surface area contributed by atoms with E-state index in [0.717, 1.165) is 11.8 Å². The monoisotopic (exact) mass is 376 g/mol. The Hall–Kier alpha value is -3.23. The van der Waals surface area contributed by atoms with Crippen LogP contribution in [0.3, 0.4) is 0 Å². The van der Waals surface area contributed by atoms with Crippen molar-refractivity contribution in [2.45, 2.75) is 26.3 Å². The number of fused-ring (bicyclic) bond motifs is 1. The highest BCUT2D eigenvalue weighted by atomic mass is 16.6. The molecule has 1 aromatic carbocycles. The minimum absolute atomic E-state index is 0.0817. The predicted octanol–water partition coefficient (Wildman–Crippen LogP) is 0.284. The lowest BCUT2D eigenvalue weighted by atomic mass is 9.98. The number of rotatable bonds is 7. The Labute approximate surface area is 155 Å². The number of carbonyl (C=O) groups excluding carboxylic acids is 5. The number of esters is 2. The van der Waals surface area contributed by atoms with Gasteiger partial charge in [0.1, 0.15) is 0 Å². The van der Waals surface area contributed by atoms with Crippen LogP contribution in [0.15, 0.2) is 24.3 Å². The smallest absolute Gasteiger partial charge is 0.345 e. The molecule has 1 heterocycles. The second-order valence-corrected chi connectivity index (χ2v) is 5.77. The second kappa shape index (κ2) is 7.98. The van der Waals surface area contributed by atoms with Crippen molar-refractivity contribution < 1.29 is 33.4 Å². The summed E-state index contributed by atoms with van der Waals surface area (Å²) in [7, 11) is 0. The molecule has 0 saturated heterocycles. The van der Waals surface area contributed by atoms with E-state index in [0.29, 0.717) is 0 Å². The van der Waals surface area contributed by atoms with Gasteiger partial charge in [-0.25, -0.2) is 9.59 Å². The van der Waals surface area contributed by atoms with Gasteiger partial charge in [-0.1, -0.05) is 12.1 Å². The number of amides is 3. The summed E-state index contributed by atoms with van der Waals surface area (Å²) in [6.45, 7) is 3.22. The lowest BCUT2D eigenvalue weighted by Gasteiger charge is -2.32. The Balaban J connectivity index is 2.49. The highest BCUT2D eigenvalue weighted by molar-refractivity contribution is 6.22. The predicted molar refractivity (Wildman–Crippen MR) is 91.6 cm³/mol. The molecule has 1 N–H and O–H groups in total. The fourth-order valence-electron chi connectivity index (χ4n) is 2.78. The Kier molecular flexibility index (Phi) is 5.94. The largest absolute Gasteiger partial charge is 0.464 e. The van der Waals surface area contributed by atoms with Gasteiger partial charge in [0.05, 0.1) is 30.9 Å². The van der Waals surface area contributed by atoms with Crippen LogP contribution in [0, 0.1) is 0 Å². The van der Waals surface area contributed by atoms with Gasteiger partial charge in [0, 0.05) is 6.92 Å². The average molecular weight is 376 g/mol. The fourth-order valence-corrected chi connectivity index (χ4v) is 2.78. The SMILES string of the molecule is CCOC(=O)C(CN1C(=O)c2ccccc2C1=O)(NC(C)=O)C(=O)OCC. The third-order valence-corrected chi connectivity index (χ3v) is 3.91. The van der Waals surface area contributed by atoms with Crippen LogP contribution >= 0.6 is 0 Å². The number of nitrogens with zero attached hydrogens (tertiary/aromatic N) is 1. The van der Waals surface area contributed by atoms with Crippen molar-refractivity contribution in [3.63, 3.8) is 0 Å². The molecule has 0 aliphatic carbocycles. The van der Waals surface area contributed by atoms with Crippen molar-refractivity contribution in [2.75, 3.05) is 19.8 Å². The van der Waals surface area contributed by atoms with Crippen LogP contribution in [-0.2, 0) is 23.9 Å². The second-order valence-electron chi connectivity index (χ2n) is 5.77. The Bertz CT molecular complexity index is 750. The Morgan fingerprint density at radius 3 is 1.78 bits per heavy atom. The van der Waals surface area contributed by atoms with E-state index in [2.05, 4.69) is 5.32 Å². The Morgan fingerprint density at radius 1 is 0.963 bits per heavy atom. The van der Waals surface area contributed by atoms with Crippen molar-refractivity contribution in [1.82, 2.24) is 10.2 Å². The number of hydrogen-bond acceptors (Lipinski definition) is 7. The summed E-state index contributed by atoms with van der Waals surface area (Å²) in [4.78, 5) is 62.9. The van der Waals surface area contributed by atoms with Crippen molar-refractivity contribution in [3.8, 4) is 0 Å². The molecule has 27 heavy (non-hydrogen) atoms. The van der Waals surface area contributed by atoms with Gasteiger partial charge in [-0.2, -0.15) is 0 Å². The zero-order valence-electron chi connectivity index (χ0n) is 15.2. The molecule has 3 amide bonds. The average Bonchev–Trinajstić information content (AvgIpc) is 2.86. The van der Waals surface area contributed by atoms with E-state index in [1.54, 1.807) is 12.1 Å². The maximum atomic E-state index is 12.6.